The first kappa shape index (κ1) is 28.4. The number of sulfone groups is 1. The summed E-state index contributed by atoms with van der Waals surface area (Å²) in [7, 11) is -3.76. The van der Waals surface area contributed by atoms with E-state index in [0.29, 0.717) is 6.42 Å². The second-order valence-corrected chi connectivity index (χ2v) is 10.5. The van der Waals surface area contributed by atoms with Gasteiger partial charge in [0, 0.05) is 25.3 Å². The zero-order valence-electron chi connectivity index (χ0n) is 19.6. The first-order valence-electron chi connectivity index (χ1n) is 10.9. The number of ether oxygens (including phenoxy) is 3. The van der Waals surface area contributed by atoms with Crippen molar-refractivity contribution in [2.45, 2.75) is 36.9 Å². The molecule has 1 heterocycles. The van der Waals surface area contributed by atoms with Crippen LogP contribution in [0.1, 0.15) is 23.7 Å². The van der Waals surface area contributed by atoms with E-state index in [-0.39, 0.29) is 41.8 Å². The molecule has 2 atom stereocenters. The molecule has 0 aromatic heterocycles. The molecule has 1 fully saturated rings. The lowest BCUT2D eigenvalue weighted by Crippen LogP contribution is -2.33. The molecule has 37 heavy (non-hydrogen) atoms. The number of halogens is 6. The lowest BCUT2D eigenvalue weighted by atomic mass is 10.1. The topological polar surface area (TPSA) is 82.1 Å². The SMILES string of the molecule is C[C@H](Oc1ccc(S(C)(=O)=O)cc1C(=O)N1CCC(COc2ccc(OC(F)(F)F)cc2)C1)C(F)(F)F. The quantitative estimate of drug-likeness (QED) is 0.433. The zero-order chi connectivity index (χ0) is 27.6. The maximum atomic E-state index is 13.2. The molecular formula is C23H23F6NO6S. The van der Waals surface area contributed by atoms with Gasteiger partial charge in [0.05, 0.1) is 17.1 Å². The highest BCUT2D eigenvalue weighted by molar-refractivity contribution is 7.90. The highest BCUT2D eigenvalue weighted by Crippen LogP contribution is 2.31. The van der Waals surface area contributed by atoms with E-state index in [1.807, 2.05) is 0 Å². The predicted octanol–water partition coefficient (Wildman–Crippen LogP) is 4.86. The van der Waals surface area contributed by atoms with E-state index in [4.69, 9.17) is 9.47 Å². The maximum Gasteiger partial charge on any atom is 0.573 e. The Morgan fingerprint density at radius 3 is 2.24 bits per heavy atom. The molecule has 3 rings (SSSR count). The smallest absolute Gasteiger partial charge is 0.493 e. The number of hydrogen-bond acceptors (Lipinski definition) is 6. The van der Waals surface area contributed by atoms with E-state index in [9.17, 15) is 39.6 Å². The average Bonchev–Trinajstić information content (AvgIpc) is 3.25. The summed E-state index contributed by atoms with van der Waals surface area (Å²) in [5, 5.41) is 0. The zero-order valence-corrected chi connectivity index (χ0v) is 20.4. The van der Waals surface area contributed by atoms with Crippen molar-refractivity contribution in [3.05, 3.63) is 48.0 Å². The lowest BCUT2D eigenvalue weighted by molar-refractivity contribution is -0.274. The molecule has 0 bridgehead atoms. The molecular weight excluding hydrogens is 532 g/mol. The Hall–Kier alpha value is -3.16. The van der Waals surface area contributed by atoms with Crippen LogP contribution in [0.3, 0.4) is 0 Å². The first-order chi connectivity index (χ1) is 17.0. The fourth-order valence-electron chi connectivity index (χ4n) is 3.54. The van der Waals surface area contributed by atoms with Crippen LogP contribution in [0, 0.1) is 5.92 Å². The number of hydrogen-bond donors (Lipinski definition) is 0. The van der Waals surface area contributed by atoms with Crippen LogP contribution < -0.4 is 14.2 Å². The number of carbonyl (C=O) groups excluding carboxylic acids is 1. The van der Waals surface area contributed by atoms with Crippen LogP contribution in [-0.4, -0.2) is 63.8 Å². The molecule has 2 aromatic carbocycles. The van der Waals surface area contributed by atoms with Gasteiger partial charge in [0.1, 0.15) is 17.2 Å². The number of carbonyl (C=O) groups is 1. The van der Waals surface area contributed by atoms with Gasteiger partial charge in [-0.25, -0.2) is 8.42 Å². The monoisotopic (exact) mass is 555 g/mol. The van der Waals surface area contributed by atoms with Crippen molar-refractivity contribution in [2.75, 3.05) is 26.0 Å². The second-order valence-electron chi connectivity index (χ2n) is 8.47. The number of benzene rings is 2. The summed E-state index contributed by atoms with van der Waals surface area (Å²) in [5.41, 5.74) is -0.319. The van der Waals surface area contributed by atoms with Crippen molar-refractivity contribution in [1.29, 1.82) is 0 Å². The number of likely N-dealkylation sites (tertiary alicyclic amines) is 1. The summed E-state index contributed by atoms with van der Waals surface area (Å²) in [5.74, 6) is -1.43. The van der Waals surface area contributed by atoms with Crippen LogP contribution in [0.15, 0.2) is 47.4 Å². The van der Waals surface area contributed by atoms with E-state index in [0.717, 1.165) is 43.5 Å². The van der Waals surface area contributed by atoms with Crippen molar-refractivity contribution in [2.24, 2.45) is 5.92 Å². The molecule has 1 unspecified atom stereocenters. The summed E-state index contributed by atoms with van der Waals surface area (Å²) >= 11 is 0. The molecule has 2 aromatic rings. The van der Waals surface area contributed by atoms with Gasteiger partial charge in [-0.05, 0) is 55.8 Å². The molecule has 14 heteroatoms. The highest BCUT2D eigenvalue weighted by atomic mass is 32.2. The molecule has 1 aliphatic rings. The third-order valence-corrected chi connectivity index (χ3v) is 6.60. The minimum absolute atomic E-state index is 0.112. The maximum absolute atomic E-state index is 13.2. The Balaban J connectivity index is 1.69. The van der Waals surface area contributed by atoms with E-state index >= 15 is 0 Å². The standard InChI is InChI=1S/C23H23F6NO6S/c1-14(22(24,25)26)35-20-8-7-18(37(2,32)33)11-19(20)21(31)30-10-9-15(12-30)13-34-16-3-5-17(6-4-16)36-23(27,28)29/h3-8,11,14-15H,9-10,12-13H2,1-2H3/t14-,15?/m0/s1. The normalized spacial score (nSPS) is 17.4. The summed E-state index contributed by atoms with van der Waals surface area (Å²) in [6.45, 7) is 1.26. The molecule has 0 spiro atoms. The van der Waals surface area contributed by atoms with Crippen molar-refractivity contribution < 1.29 is 53.8 Å². The van der Waals surface area contributed by atoms with Crippen LogP contribution >= 0.6 is 0 Å². The van der Waals surface area contributed by atoms with Crippen LogP contribution in [0.2, 0.25) is 0 Å². The highest BCUT2D eigenvalue weighted by Gasteiger charge is 2.39. The second kappa shape index (κ2) is 10.7. The Morgan fingerprint density at radius 2 is 1.68 bits per heavy atom. The molecule has 0 radical (unpaired) electrons. The number of amides is 1. The Labute approximate surface area is 208 Å². The van der Waals surface area contributed by atoms with Gasteiger partial charge in [-0.1, -0.05) is 0 Å². The predicted molar refractivity (Wildman–Crippen MR) is 118 cm³/mol. The molecule has 204 valence electrons. The van der Waals surface area contributed by atoms with Crippen molar-refractivity contribution in [3.63, 3.8) is 0 Å². The third-order valence-electron chi connectivity index (χ3n) is 5.49. The van der Waals surface area contributed by atoms with Crippen molar-refractivity contribution in [1.82, 2.24) is 4.90 Å². The number of nitrogens with zero attached hydrogens (tertiary/aromatic N) is 1. The van der Waals surface area contributed by atoms with E-state index < -0.39 is 45.9 Å². The molecule has 1 saturated heterocycles. The van der Waals surface area contributed by atoms with E-state index in [1.165, 1.54) is 17.0 Å². The molecule has 1 aliphatic heterocycles. The molecule has 0 aliphatic carbocycles. The van der Waals surface area contributed by atoms with Crippen molar-refractivity contribution >= 4 is 15.7 Å². The van der Waals surface area contributed by atoms with Crippen molar-refractivity contribution in [3.8, 4) is 17.2 Å². The van der Waals surface area contributed by atoms with Gasteiger partial charge < -0.3 is 19.1 Å². The number of rotatable bonds is 8. The third kappa shape index (κ3) is 7.91. The summed E-state index contributed by atoms with van der Waals surface area (Å²) in [6.07, 6.45) is -10.4. The largest absolute Gasteiger partial charge is 0.573 e. The Morgan fingerprint density at radius 1 is 1.05 bits per heavy atom. The van der Waals surface area contributed by atoms with Gasteiger partial charge >= 0.3 is 12.5 Å². The van der Waals surface area contributed by atoms with Gasteiger partial charge in [-0.2, -0.15) is 13.2 Å². The Kier molecular flexibility index (Phi) is 8.20. The average molecular weight is 555 g/mol. The van der Waals surface area contributed by atoms with Gasteiger partial charge in [-0.3, -0.25) is 4.79 Å². The summed E-state index contributed by atoms with van der Waals surface area (Å²) in [4.78, 5) is 14.3. The fraction of sp³-hybridized carbons (Fsp3) is 0.435. The molecule has 7 nitrogen and oxygen atoms in total. The summed E-state index contributed by atoms with van der Waals surface area (Å²) in [6, 6.07) is 7.84. The van der Waals surface area contributed by atoms with Crippen LogP contribution in [0.5, 0.6) is 17.2 Å². The van der Waals surface area contributed by atoms with E-state index in [2.05, 4.69) is 4.74 Å². The molecule has 0 saturated carbocycles. The van der Waals surface area contributed by atoms with Crippen LogP contribution in [0.25, 0.3) is 0 Å². The fourth-order valence-corrected chi connectivity index (χ4v) is 4.19. The number of alkyl halides is 6. The Bertz CT molecular complexity index is 1210. The molecule has 1 amide bonds. The molecule has 0 N–H and O–H groups in total. The van der Waals surface area contributed by atoms with E-state index in [1.54, 1.807) is 0 Å². The van der Waals surface area contributed by atoms with Gasteiger partial charge in [0.2, 0.25) is 0 Å². The lowest BCUT2D eigenvalue weighted by Gasteiger charge is -2.22. The van der Waals surface area contributed by atoms with Gasteiger partial charge in [0.25, 0.3) is 5.91 Å². The minimum atomic E-state index is -4.82. The van der Waals surface area contributed by atoms with Crippen LogP contribution in [-0.2, 0) is 9.84 Å². The first-order valence-corrected chi connectivity index (χ1v) is 12.8. The van der Waals surface area contributed by atoms with Gasteiger partial charge in [0.15, 0.2) is 15.9 Å². The van der Waals surface area contributed by atoms with Crippen LogP contribution in [0.4, 0.5) is 26.3 Å². The van der Waals surface area contributed by atoms with Gasteiger partial charge in [-0.15, -0.1) is 13.2 Å². The summed E-state index contributed by atoms with van der Waals surface area (Å²) < 4.78 is 114. The minimum Gasteiger partial charge on any atom is -0.493 e.